The van der Waals surface area contributed by atoms with Crippen LogP contribution in [0.1, 0.15) is 26.5 Å². The standard InChI is InChI=1S/C19H20N2O3S/c1-19(2,3)24-18(22)21-16-10-11-17(25-16)23-12-14-9-8-13-6-4-5-7-15(13)20-14/h4-11H,12H2,1-3H3,(H,21,22). The molecule has 0 fully saturated rings. The highest BCUT2D eigenvalue weighted by Gasteiger charge is 2.16. The molecule has 25 heavy (non-hydrogen) atoms. The summed E-state index contributed by atoms with van der Waals surface area (Å²) in [5.74, 6) is 0. The average molecular weight is 356 g/mol. The van der Waals surface area contributed by atoms with Crippen molar-refractivity contribution in [1.82, 2.24) is 4.98 Å². The van der Waals surface area contributed by atoms with Crippen molar-refractivity contribution in [3.05, 3.63) is 54.2 Å². The van der Waals surface area contributed by atoms with Gasteiger partial charge < -0.3 is 9.47 Å². The van der Waals surface area contributed by atoms with Gasteiger partial charge >= 0.3 is 6.09 Å². The number of pyridine rings is 1. The van der Waals surface area contributed by atoms with Crippen molar-refractivity contribution in [2.24, 2.45) is 0 Å². The van der Waals surface area contributed by atoms with Crippen LogP contribution in [-0.2, 0) is 11.3 Å². The topological polar surface area (TPSA) is 60.5 Å². The van der Waals surface area contributed by atoms with E-state index in [-0.39, 0.29) is 0 Å². The number of hydrogen-bond donors (Lipinski definition) is 1. The molecule has 3 aromatic rings. The van der Waals surface area contributed by atoms with E-state index in [1.54, 1.807) is 6.07 Å². The monoisotopic (exact) mass is 356 g/mol. The third-order valence-corrected chi connectivity index (χ3v) is 4.14. The second-order valence-corrected chi connectivity index (χ2v) is 7.58. The Morgan fingerprint density at radius 2 is 1.92 bits per heavy atom. The van der Waals surface area contributed by atoms with Gasteiger partial charge in [0.15, 0.2) is 5.06 Å². The van der Waals surface area contributed by atoms with E-state index in [0.717, 1.165) is 16.6 Å². The predicted molar refractivity (Wildman–Crippen MR) is 100 cm³/mol. The minimum absolute atomic E-state index is 0.372. The van der Waals surface area contributed by atoms with Crippen LogP contribution in [0.5, 0.6) is 5.06 Å². The van der Waals surface area contributed by atoms with Gasteiger partial charge in [-0.1, -0.05) is 35.6 Å². The van der Waals surface area contributed by atoms with Crippen molar-refractivity contribution in [3.8, 4) is 5.06 Å². The Hall–Kier alpha value is -2.60. The fourth-order valence-corrected chi connectivity index (χ4v) is 2.94. The molecular formula is C19H20N2O3S. The molecule has 2 aromatic heterocycles. The highest BCUT2D eigenvalue weighted by Crippen LogP contribution is 2.30. The van der Waals surface area contributed by atoms with E-state index in [0.29, 0.717) is 16.7 Å². The Kier molecular flexibility index (Phi) is 4.90. The summed E-state index contributed by atoms with van der Waals surface area (Å²) in [6, 6.07) is 15.6. The Morgan fingerprint density at radius 3 is 2.72 bits per heavy atom. The van der Waals surface area contributed by atoms with Crippen LogP contribution >= 0.6 is 11.3 Å². The molecule has 0 aliphatic rings. The van der Waals surface area contributed by atoms with Gasteiger partial charge in [0.2, 0.25) is 0 Å². The lowest BCUT2D eigenvalue weighted by Gasteiger charge is -2.19. The van der Waals surface area contributed by atoms with Gasteiger partial charge in [-0.3, -0.25) is 5.32 Å². The van der Waals surface area contributed by atoms with E-state index in [1.807, 2.05) is 63.2 Å². The summed E-state index contributed by atoms with van der Waals surface area (Å²) in [5.41, 5.74) is 1.28. The van der Waals surface area contributed by atoms with Gasteiger partial charge in [0.1, 0.15) is 17.2 Å². The number of thiophene rings is 1. The summed E-state index contributed by atoms with van der Waals surface area (Å²) in [7, 11) is 0. The molecule has 2 heterocycles. The van der Waals surface area contributed by atoms with Gasteiger partial charge in [-0.2, -0.15) is 0 Å². The zero-order valence-electron chi connectivity index (χ0n) is 14.4. The Morgan fingerprint density at radius 1 is 1.12 bits per heavy atom. The summed E-state index contributed by atoms with van der Waals surface area (Å²) in [4.78, 5) is 16.3. The minimum Gasteiger partial charge on any atom is -0.478 e. The van der Waals surface area contributed by atoms with E-state index in [1.165, 1.54) is 11.3 Å². The number of carbonyl (C=O) groups excluding carboxylic acids is 1. The van der Waals surface area contributed by atoms with Crippen molar-refractivity contribution < 1.29 is 14.3 Å². The molecule has 1 N–H and O–H groups in total. The molecule has 0 aliphatic carbocycles. The highest BCUT2D eigenvalue weighted by atomic mass is 32.1. The first-order valence-corrected chi connectivity index (χ1v) is 8.78. The van der Waals surface area contributed by atoms with Crippen LogP contribution in [0.2, 0.25) is 0 Å². The molecule has 6 heteroatoms. The summed E-state index contributed by atoms with van der Waals surface area (Å²) in [5, 5.41) is 5.19. The van der Waals surface area contributed by atoms with Gasteiger partial charge in [-0.25, -0.2) is 9.78 Å². The molecule has 5 nitrogen and oxygen atoms in total. The molecule has 0 saturated heterocycles. The van der Waals surface area contributed by atoms with Crippen LogP contribution in [0.3, 0.4) is 0 Å². The van der Waals surface area contributed by atoms with E-state index >= 15 is 0 Å². The summed E-state index contributed by atoms with van der Waals surface area (Å²) in [6.45, 7) is 5.85. The molecular weight excluding hydrogens is 336 g/mol. The molecule has 0 spiro atoms. The third kappa shape index (κ3) is 4.93. The number of anilines is 1. The van der Waals surface area contributed by atoms with Crippen LogP contribution in [-0.4, -0.2) is 16.7 Å². The molecule has 0 aliphatic heterocycles. The highest BCUT2D eigenvalue weighted by molar-refractivity contribution is 7.18. The summed E-state index contributed by atoms with van der Waals surface area (Å²) >= 11 is 1.35. The summed E-state index contributed by atoms with van der Waals surface area (Å²) < 4.78 is 11.0. The van der Waals surface area contributed by atoms with Gasteiger partial charge in [0.05, 0.1) is 11.2 Å². The van der Waals surface area contributed by atoms with Crippen molar-refractivity contribution in [2.45, 2.75) is 33.0 Å². The van der Waals surface area contributed by atoms with Crippen LogP contribution < -0.4 is 10.1 Å². The normalized spacial score (nSPS) is 11.3. The van der Waals surface area contributed by atoms with E-state index in [2.05, 4.69) is 10.3 Å². The van der Waals surface area contributed by atoms with Crippen LogP contribution in [0.15, 0.2) is 48.5 Å². The van der Waals surface area contributed by atoms with E-state index in [9.17, 15) is 4.79 Å². The summed E-state index contributed by atoms with van der Waals surface area (Å²) in [6.07, 6.45) is -0.475. The molecule has 3 rings (SSSR count). The molecule has 0 atom stereocenters. The maximum absolute atomic E-state index is 11.8. The Labute approximate surface area is 150 Å². The third-order valence-electron chi connectivity index (χ3n) is 3.22. The van der Waals surface area contributed by atoms with E-state index in [4.69, 9.17) is 9.47 Å². The molecule has 130 valence electrons. The number of ether oxygens (including phenoxy) is 2. The Balaban J connectivity index is 1.58. The molecule has 0 saturated carbocycles. The van der Waals surface area contributed by atoms with Crippen molar-refractivity contribution in [3.63, 3.8) is 0 Å². The number of nitrogens with one attached hydrogen (secondary N) is 1. The first kappa shape index (κ1) is 17.2. The number of nitrogens with zero attached hydrogens (tertiary/aromatic N) is 1. The second-order valence-electron chi connectivity index (χ2n) is 6.53. The van der Waals surface area contributed by atoms with Gasteiger partial charge in [-0.15, -0.1) is 0 Å². The lowest BCUT2D eigenvalue weighted by Crippen LogP contribution is -2.26. The quantitative estimate of drug-likeness (QED) is 0.696. The zero-order chi connectivity index (χ0) is 17.9. The molecule has 0 radical (unpaired) electrons. The SMILES string of the molecule is CC(C)(C)OC(=O)Nc1ccc(OCc2ccc3ccccc3n2)s1. The number of rotatable bonds is 4. The second kappa shape index (κ2) is 7.11. The maximum atomic E-state index is 11.8. The fourth-order valence-electron chi connectivity index (χ4n) is 2.20. The first-order valence-electron chi connectivity index (χ1n) is 7.96. The van der Waals surface area contributed by atoms with Crippen molar-refractivity contribution in [2.75, 3.05) is 5.32 Å². The number of fused-ring (bicyclic) bond motifs is 1. The van der Waals surface area contributed by atoms with Crippen molar-refractivity contribution >= 4 is 33.3 Å². The predicted octanol–water partition coefficient (Wildman–Crippen LogP) is 5.22. The smallest absolute Gasteiger partial charge is 0.412 e. The molecule has 1 amide bonds. The minimum atomic E-state index is -0.525. The van der Waals surface area contributed by atoms with Gasteiger partial charge in [0, 0.05) is 5.39 Å². The fraction of sp³-hybridized carbons (Fsp3) is 0.263. The lowest BCUT2D eigenvalue weighted by atomic mass is 10.2. The number of amides is 1. The first-order chi connectivity index (χ1) is 11.9. The van der Waals surface area contributed by atoms with Crippen LogP contribution in [0.4, 0.5) is 9.80 Å². The maximum Gasteiger partial charge on any atom is 0.412 e. The van der Waals surface area contributed by atoms with Crippen LogP contribution in [0, 0.1) is 0 Å². The van der Waals surface area contributed by atoms with Crippen molar-refractivity contribution in [1.29, 1.82) is 0 Å². The number of aromatic nitrogens is 1. The number of hydrogen-bond acceptors (Lipinski definition) is 5. The lowest BCUT2D eigenvalue weighted by molar-refractivity contribution is 0.0636. The van der Waals surface area contributed by atoms with E-state index < -0.39 is 11.7 Å². The average Bonchev–Trinajstić information content (AvgIpc) is 2.98. The van der Waals surface area contributed by atoms with Crippen LogP contribution in [0.25, 0.3) is 10.9 Å². The Bertz CT molecular complexity index is 884. The van der Waals surface area contributed by atoms with Gasteiger partial charge in [0.25, 0.3) is 0 Å². The number of carbonyl (C=O) groups is 1. The molecule has 1 aromatic carbocycles. The zero-order valence-corrected chi connectivity index (χ0v) is 15.2. The largest absolute Gasteiger partial charge is 0.478 e. The molecule has 0 unspecified atom stereocenters. The number of benzene rings is 1. The van der Waals surface area contributed by atoms with Gasteiger partial charge in [-0.05, 0) is 45.0 Å². The molecule has 0 bridgehead atoms. The number of para-hydroxylation sites is 1.